The normalized spacial score (nSPS) is 10.8. The second-order valence-corrected chi connectivity index (χ2v) is 3.31. The smallest absolute Gasteiger partial charge is 0.137 e. The van der Waals surface area contributed by atoms with Crippen molar-refractivity contribution in [2.45, 2.75) is 6.92 Å². The van der Waals surface area contributed by atoms with Crippen molar-refractivity contribution in [3.05, 3.63) is 40.0 Å². The Labute approximate surface area is 78.7 Å². The zero-order chi connectivity index (χ0) is 9.14. The number of benzene rings is 1. The maximum Gasteiger partial charge on any atom is 0.137 e. The third-order valence-electron chi connectivity index (χ3n) is 1.61. The Morgan fingerprint density at radius 1 is 1.50 bits per heavy atom. The molecule has 65 valence electrons. The van der Waals surface area contributed by atoms with Crippen molar-refractivity contribution in [3.63, 3.8) is 0 Å². The van der Waals surface area contributed by atoms with Crippen LogP contribution in [0.25, 0.3) is 0 Å². The van der Waals surface area contributed by atoms with Gasteiger partial charge in [-0.15, -0.1) is 0 Å². The lowest BCUT2D eigenvalue weighted by molar-refractivity contribution is 0.514. The first kappa shape index (κ1) is 9.65. The Morgan fingerprint density at radius 2 is 2.17 bits per heavy atom. The van der Waals surface area contributed by atoms with Gasteiger partial charge in [0.05, 0.1) is 11.1 Å². The number of rotatable bonds is 2. The minimum Gasteiger partial charge on any atom is -0.250 e. The molecule has 0 N–H and O–H groups in total. The molecule has 3 heteroatoms. The quantitative estimate of drug-likeness (QED) is 0.734. The molecule has 0 unspecified atom stereocenters. The van der Waals surface area contributed by atoms with E-state index in [2.05, 4.69) is 15.9 Å². The van der Waals surface area contributed by atoms with Gasteiger partial charge in [-0.3, -0.25) is 4.39 Å². The maximum absolute atomic E-state index is 12.9. The lowest BCUT2D eigenvalue weighted by atomic mass is 10.0. The molecule has 1 aromatic carbocycles. The molecule has 0 aromatic heterocycles. The van der Waals surface area contributed by atoms with Crippen LogP contribution in [0.15, 0.2) is 22.7 Å². The Bertz CT molecular complexity index is 273. The highest BCUT2D eigenvalue weighted by molar-refractivity contribution is 9.10. The molecular weight excluding hydrogens is 226 g/mol. The molecule has 1 rings (SSSR count). The van der Waals surface area contributed by atoms with Crippen molar-refractivity contribution >= 4 is 15.9 Å². The number of alkyl halides is 1. The second-order valence-electron chi connectivity index (χ2n) is 2.52. The van der Waals surface area contributed by atoms with E-state index in [1.165, 1.54) is 6.07 Å². The molecule has 0 spiro atoms. The third kappa shape index (κ3) is 1.83. The number of hydrogen-bond donors (Lipinski definition) is 0. The van der Waals surface area contributed by atoms with Crippen LogP contribution < -0.4 is 0 Å². The monoisotopic (exact) mass is 233 g/mol. The summed E-state index contributed by atoms with van der Waals surface area (Å²) in [4.78, 5) is 0. The topological polar surface area (TPSA) is 0 Å². The van der Waals surface area contributed by atoms with E-state index in [9.17, 15) is 8.78 Å². The molecule has 0 aliphatic rings. The van der Waals surface area contributed by atoms with Crippen LogP contribution in [0, 0.1) is 11.7 Å². The third-order valence-corrected chi connectivity index (χ3v) is 2.42. The van der Waals surface area contributed by atoms with Crippen LogP contribution in [-0.4, -0.2) is 6.67 Å². The molecule has 0 fully saturated rings. The maximum atomic E-state index is 12.9. The molecule has 0 aliphatic carbocycles. The van der Waals surface area contributed by atoms with Crippen LogP contribution in [0.3, 0.4) is 0 Å². The number of hydrogen-bond acceptors (Lipinski definition) is 0. The fourth-order valence-electron chi connectivity index (χ4n) is 0.905. The van der Waals surface area contributed by atoms with Gasteiger partial charge in [-0.25, -0.2) is 4.39 Å². The molecule has 0 nitrogen and oxygen atoms in total. The van der Waals surface area contributed by atoms with E-state index >= 15 is 0 Å². The molecule has 0 bridgehead atoms. The molecule has 12 heavy (non-hydrogen) atoms. The fraction of sp³-hybridized carbons (Fsp3) is 0.222. The molecule has 1 radical (unpaired) electrons. The lowest BCUT2D eigenvalue weighted by Gasteiger charge is -2.08. The average Bonchev–Trinajstić information content (AvgIpc) is 2.08. The highest BCUT2D eigenvalue weighted by atomic mass is 79.9. The highest BCUT2D eigenvalue weighted by Crippen LogP contribution is 2.26. The van der Waals surface area contributed by atoms with Gasteiger partial charge in [0.2, 0.25) is 0 Å². The van der Waals surface area contributed by atoms with Crippen LogP contribution in [0.2, 0.25) is 0 Å². The first-order valence-corrected chi connectivity index (χ1v) is 4.29. The van der Waals surface area contributed by atoms with Crippen molar-refractivity contribution in [2.24, 2.45) is 0 Å². The highest BCUT2D eigenvalue weighted by Gasteiger charge is 2.11. The zero-order valence-electron chi connectivity index (χ0n) is 6.57. The van der Waals surface area contributed by atoms with Crippen molar-refractivity contribution < 1.29 is 8.78 Å². The summed E-state index contributed by atoms with van der Waals surface area (Å²) < 4.78 is 25.4. The zero-order valence-corrected chi connectivity index (χ0v) is 8.16. The van der Waals surface area contributed by atoms with Crippen LogP contribution in [0.5, 0.6) is 0 Å². The van der Waals surface area contributed by atoms with Crippen molar-refractivity contribution in [1.82, 2.24) is 0 Å². The summed E-state index contributed by atoms with van der Waals surface area (Å²) in [5, 5.41) is 0. The van der Waals surface area contributed by atoms with E-state index in [1.54, 1.807) is 19.1 Å². The van der Waals surface area contributed by atoms with Gasteiger partial charge in [-0.05, 0) is 27.6 Å². The fourth-order valence-corrected chi connectivity index (χ4v) is 1.51. The summed E-state index contributed by atoms with van der Waals surface area (Å²) in [6, 6.07) is 4.58. The summed E-state index contributed by atoms with van der Waals surface area (Å²) in [5.41, 5.74) is 0.595. The second kappa shape index (κ2) is 3.99. The van der Waals surface area contributed by atoms with Gasteiger partial charge in [0.25, 0.3) is 0 Å². The largest absolute Gasteiger partial charge is 0.250 e. The van der Waals surface area contributed by atoms with E-state index in [1.807, 2.05) is 0 Å². The number of halogens is 3. The molecule has 0 atom stereocenters. The molecule has 0 saturated carbocycles. The van der Waals surface area contributed by atoms with Crippen molar-refractivity contribution in [1.29, 1.82) is 0 Å². The standard InChI is InChI=1S/C9H8BrF2/c1-6(5-11)7-3-2-4-8(12)9(7)10/h2-4H,5H2,1H3. The van der Waals surface area contributed by atoms with Crippen molar-refractivity contribution in [2.75, 3.05) is 6.67 Å². The van der Waals surface area contributed by atoms with Gasteiger partial charge in [-0.2, -0.15) is 0 Å². The van der Waals surface area contributed by atoms with E-state index in [0.29, 0.717) is 16.0 Å². The van der Waals surface area contributed by atoms with Gasteiger partial charge < -0.3 is 0 Å². The lowest BCUT2D eigenvalue weighted by Crippen LogP contribution is -1.98. The SMILES string of the molecule is C[C](CF)c1cccc(F)c1Br. The van der Waals surface area contributed by atoms with E-state index in [4.69, 9.17) is 0 Å². The Morgan fingerprint density at radius 3 is 2.75 bits per heavy atom. The first-order chi connectivity index (χ1) is 5.66. The van der Waals surface area contributed by atoms with Crippen LogP contribution >= 0.6 is 15.9 Å². The average molecular weight is 234 g/mol. The van der Waals surface area contributed by atoms with Gasteiger partial charge in [0.1, 0.15) is 5.82 Å². The van der Waals surface area contributed by atoms with Gasteiger partial charge in [-0.1, -0.05) is 19.1 Å². The van der Waals surface area contributed by atoms with Crippen LogP contribution in [-0.2, 0) is 0 Å². The first-order valence-electron chi connectivity index (χ1n) is 3.49. The predicted octanol–water partition coefficient (Wildman–Crippen LogP) is 3.50. The van der Waals surface area contributed by atoms with E-state index < -0.39 is 6.67 Å². The molecule has 0 heterocycles. The Balaban J connectivity index is 3.07. The van der Waals surface area contributed by atoms with E-state index in [-0.39, 0.29) is 5.82 Å². The molecule has 1 aromatic rings. The minimum atomic E-state index is -0.554. The van der Waals surface area contributed by atoms with Gasteiger partial charge in [0.15, 0.2) is 0 Å². The van der Waals surface area contributed by atoms with Crippen LogP contribution in [0.4, 0.5) is 8.78 Å². The molecule has 0 aliphatic heterocycles. The summed E-state index contributed by atoms with van der Waals surface area (Å²) in [6.07, 6.45) is 0. The van der Waals surface area contributed by atoms with Crippen LogP contribution in [0.1, 0.15) is 12.5 Å². The van der Waals surface area contributed by atoms with Gasteiger partial charge in [0, 0.05) is 5.92 Å². The van der Waals surface area contributed by atoms with Crippen molar-refractivity contribution in [3.8, 4) is 0 Å². The predicted molar refractivity (Wildman–Crippen MR) is 48.1 cm³/mol. The minimum absolute atomic E-state index is 0.333. The molecule has 0 amide bonds. The van der Waals surface area contributed by atoms with E-state index in [0.717, 1.165) is 0 Å². The van der Waals surface area contributed by atoms with Gasteiger partial charge >= 0.3 is 0 Å². The Hall–Kier alpha value is -0.440. The molecule has 0 saturated heterocycles. The summed E-state index contributed by atoms with van der Waals surface area (Å²) >= 11 is 3.06. The summed E-state index contributed by atoms with van der Waals surface area (Å²) in [5.74, 6) is 0.168. The Kier molecular flexibility index (Phi) is 3.20. The summed E-state index contributed by atoms with van der Waals surface area (Å²) in [6.45, 7) is 1.08. The molecular formula is C9H8BrF2. The summed E-state index contributed by atoms with van der Waals surface area (Å²) in [7, 11) is 0.